The number of amides is 4. The maximum Gasteiger partial charge on any atom is 0.306 e. The number of imide groups is 2. The zero-order chi connectivity index (χ0) is 34.8. The zero-order valence-electron chi connectivity index (χ0n) is 25.5. The quantitative estimate of drug-likeness (QED) is 0.0926. The predicted octanol–water partition coefficient (Wildman–Crippen LogP) is -0.729. The van der Waals surface area contributed by atoms with Crippen LogP contribution in [0.5, 0.6) is 0 Å². The van der Waals surface area contributed by atoms with Crippen molar-refractivity contribution in [1.82, 2.24) is 0 Å². The van der Waals surface area contributed by atoms with Gasteiger partial charge in [0.15, 0.2) is 0 Å². The Morgan fingerprint density at radius 1 is 0.438 bits per heavy atom. The van der Waals surface area contributed by atoms with Gasteiger partial charge >= 0.3 is 11.8 Å². The van der Waals surface area contributed by atoms with Gasteiger partial charge in [0.05, 0.1) is 22.5 Å². The molecule has 6 rings (SSSR count). The summed E-state index contributed by atoms with van der Waals surface area (Å²) in [7, 11) is 0. The number of hydrogen-bond acceptors (Lipinski definition) is 8. The van der Waals surface area contributed by atoms with Gasteiger partial charge in [-0.3, -0.25) is 28.8 Å². The van der Waals surface area contributed by atoms with Gasteiger partial charge in [-0.15, -0.1) is 0 Å². The lowest BCUT2D eigenvalue weighted by Gasteiger charge is -2.15. The average molecular weight is 647 g/mol. The van der Waals surface area contributed by atoms with Crippen molar-refractivity contribution in [2.45, 2.75) is 0 Å². The van der Waals surface area contributed by atoms with Gasteiger partial charge in [0.25, 0.3) is 23.4 Å². The van der Waals surface area contributed by atoms with Crippen LogP contribution in [0.3, 0.4) is 0 Å². The predicted molar refractivity (Wildman–Crippen MR) is 170 cm³/mol. The van der Waals surface area contributed by atoms with Crippen molar-refractivity contribution >= 4 is 58.1 Å². The highest BCUT2D eigenvalue weighted by molar-refractivity contribution is 6.65. The van der Waals surface area contributed by atoms with E-state index in [4.69, 9.17) is 0 Å². The molecule has 48 heavy (non-hydrogen) atoms. The normalized spacial score (nSPS) is 16.3. The van der Waals surface area contributed by atoms with E-state index in [9.17, 15) is 39.0 Å². The second kappa shape index (κ2) is 15.7. The molecule has 2 saturated heterocycles. The molecule has 0 radical (unpaired) electrons. The largest absolute Gasteiger partial charge is 0.871 e. The van der Waals surface area contributed by atoms with E-state index in [0.29, 0.717) is 0 Å². The van der Waals surface area contributed by atoms with Gasteiger partial charge in [0.2, 0.25) is 0 Å². The molecule has 0 unspecified atom stereocenters. The van der Waals surface area contributed by atoms with Crippen LogP contribution in [0.1, 0.15) is 11.1 Å². The minimum absolute atomic E-state index is 0.196. The number of hydrogen-bond donors (Lipinski definition) is 2. The van der Waals surface area contributed by atoms with E-state index < -0.39 is 57.9 Å². The van der Waals surface area contributed by atoms with Crippen LogP contribution in [0.4, 0.5) is 11.4 Å². The Kier molecular flexibility index (Phi) is 11.2. The second-order valence-corrected chi connectivity index (χ2v) is 10.1. The van der Waals surface area contributed by atoms with E-state index in [2.05, 4.69) is 11.5 Å². The molecule has 2 fully saturated rings. The summed E-state index contributed by atoms with van der Waals surface area (Å²) in [6.07, 6.45) is 0. The van der Waals surface area contributed by atoms with Crippen LogP contribution >= 0.6 is 0 Å². The number of benzene rings is 4. The third kappa shape index (κ3) is 7.15. The van der Waals surface area contributed by atoms with E-state index >= 15 is 0 Å². The Bertz CT molecular complexity index is 1770. The smallest absolute Gasteiger partial charge is 0.306 e. The van der Waals surface area contributed by atoms with Gasteiger partial charge in [-0.05, 0) is 35.4 Å². The van der Waals surface area contributed by atoms with Gasteiger partial charge in [0, 0.05) is 0 Å². The van der Waals surface area contributed by atoms with Crippen LogP contribution in [-0.4, -0.2) is 48.3 Å². The molecule has 12 nitrogen and oxygen atoms in total. The lowest BCUT2D eigenvalue weighted by molar-refractivity contribution is -0.453. The highest BCUT2D eigenvalue weighted by atomic mass is 16.3. The first-order chi connectivity index (χ1) is 23.1. The van der Waals surface area contributed by atoms with E-state index in [-0.39, 0.29) is 22.5 Å². The monoisotopic (exact) mass is 646 g/mol. The minimum Gasteiger partial charge on any atom is -0.871 e. The van der Waals surface area contributed by atoms with Gasteiger partial charge in [-0.1, -0.05) is 109 Å². The van der Waals surface area contributed by atoms with Crippen molar-refractivity contribution in [3.05, 3.63) is 144 Å². The van der Waals surface area contributed by atoms with Crippen molar-refractivity contribution in [3.63, 3.8) is 0 Å². The van der Waals surface area contributed by atoms with Crippen molar-refractivity contribution in [1.29, 1.82) is 0 Å². The maximum atomic E-state index is 12.4. The molecule has 4 aromatic carbocycles. The van der Waals surface area contributed by atoms with E-state index in [1.807, 2.05) is 0 Å². The van der Waals surface area contributed by atoms with E-state index in [1.165, 1.54) is 48.5 Å². The van der Waals surface area contributed by atoms with E-state index in [0.717, 1.165) is 22.9 Å². The zero-order valence-corrected chi connectivity index (χ0v) is 25.5. The Morgan fingerprint density at radius 3 is 0.979 bits per heavy atom. The van der Waals surface area contributed by atoms with E-state index in [1.54, 1.807) is 72.8 Å². The molecule has 0 spiro atoms. The van der Waals surface area contributed by atoms with Crippen LogP contribution in [0.2, 0.25) is 0 Å². The molecule has 2 aliphatic rings. The molecule has 2 heterocycles. The molecule has 0 saturated carbocycles. The van der Waals surface area contributed by atoms with Crippen molar-refractivity contribution < 1.29 is 50.4 Å². The Balaban J connectivity index is 0.000000195. The molecule has 0 aromatic heterocycles. The summed E-state index contributed by atoms with van der Waals surface area (Å²) in [6.45, 7) is 1.92. The second-order valence-electron chi connectivity index (χ2n) is 10.1. The molecule has 0 aliphatic carbocycles. The molecule has 6 N–H and O–H groups in total. The number of ketones is 2. The van der Waals surface area contributed by atoms with Crippen molar-refractivity contribution in [2.75, 3.05) is 22.9 Å². The number of anilines is 2. The minimum atomic E-state index is -1.07. The molecule has 4 amide bonds. The van der Waals surface area contributed by atoms with Gasteiger partial charge in [-0.25, -0.2) is 9.80 Å². The lowest BCUT2D eigenvalue weighted by atomic mass is 10.1. The first kappa shape index (κ1) is 34.4. The number of carbonyl (C=O) groups is 6. The van der Waals surface area contributed by atoms with Crippen LogP contribution in [0, 0.1) is 0 Å². The molecule has 0 bridgehead atoms. The molecule has 0 atom stereocenters. The summed E-state index contributed by atoms with van der Waals surface area (Å²) in [5.74, 6) is -7.37. The fourth-order valence-electron chi connectivity index (χ4n) is 4.51. The van der Waals surface area contributed by atoms with Gasteiger partial charge < -0.3 is 21.7 Å². The number of Topliss-reactive ketones (excluding diaryl/α,β-unsaturated/α-hetero) is 2. The molecule has 2 aliphatic heterocycles. The SMILES string of the molecule is O=C1C(=O)N(c2ccccc2)C(=O)/C1=C(/[O-])c1ccccc1.O=C1C(=O)N(c2ccccc2)C(=O)/C1=C(/[O-])c1ccccc1.[NH3+]CC[NH3+]. The number of para-hydroxylation sites is 2. The molecule has 4 aromatic rings. The average Bonchev–Trinajstić information content (AvgIpc) is 3.50. The van der Waals surface area contributed by atoms with Crippen LogP contribution in [0.25, 0.3) is 11.5 Å². The van der Waals surface area contributed by atoms with Crippen molar-refractivity contribution in [2.24, 2.45) is 0 Å². The van der Waals surface area contributed by atoms with Crippen molar-refractivity contribution in [3.8, 4) is 0 Å². The first-order valence-electron chi connectivity index (χ1n) is 14.6. The highest BCUT2D eigenvalue weighted by Crippen LogP contribution is 2.28. The Hall–Kier alpha value is -6.50. The number of rotatable bonds is 5. The molecule has 242 valence electrons. The summed E-state index contributed by atoms with van der Waals surface area (Å²) in [6, 6.07) is 32.0. The number of carbonyl (C=O) groups excluding carboxylic acids is 6. The summed E-state index contributed by atoms with van der Waals surface area (Å²) in [4.78, 5) is 74.4. The maximum absolute atomic E-state index is 12.4. The summed E-state index contributed by atoms with van der Waals surface area (Å²) >= 11 is 0. The highest BCUT2D eigenvalue weighted by Gasteiger charge is 2.44. The van der Waals surface area contributed by atoms with Crippen LogP contribution < -0.4 is 31.5 Å². The summed E-state index contributed by atoms with van der Waals surface area (Å²) < 4.78 is 0. The first-order valence-corrected chi connectivity index (χ1v) is 14.6. The number of nitrogens with zero attached hydrogens (tertiary/aromatic N) is 2. The number of quaternary nitrogens is 2. The molecular weight excluding hydrogens is 616 g/mol. The topological polar surface area (TPSA) is 210 Å². The molecule has 12 heteroatoms. The van der Waals surface area contributed by atoms with Crippen LogP contribution in [-0.2, 0) is 28.8 Å². The van der Waals surface area contributed by atoms with Crippen LogP contribution in [0.15, 0.2) is 132 Å². The fourth-order valence-corrected chi connectivity index (χ4v) is 4.51. The summed E-state index contributed by atoms with van der Waals surface area (Å²) in [5.41, 5.74) is 6.78. The Labute approximate surface area is 274 Å². The standard InChI is InChI=1S/2C17H11NO4.C2H8N2/c2*19-14(11-7-3-1-4-8-11)13-15(20)17(22)18(16(13)21)12-9-5-2-6-10-12;3-1-2-4/h2*1-10,19H;1-4H2/b2*14-13+;. The summed E-state index contributed by atoms with van der Waals surface area (Å²) in [5, 5.41) is 24.7. The third-order valence-corrected chi connectivity index (χ3v) is 6.89. The lowest BCUT2D eigenvalue weighted by Crippen LogP contribution is -2.64. The molecular formula is C36H30N4O8. The fraction of sp³-hybridized carbons (Fsp3) is 0.0556. The third-order valence-electron chi connectivity index (χ3n) is 6.89. The van der Waals surface area contributed by atoms with Gasteiger partial charge in [0.1, 0.15) is 13.1 Å². The van der Waals surface area contributed by atoms with Gasteiger partial charge in [-0.2, -0.15) is 0 Å². The Morgan fingerprint density at radius 2 is 0.708 bits per heavy atom.